The number of benzene rings is 1. The Morgan fingerprint density at radius 2 is 2.00 bits per heavy atom. The highest BCUT2D eigenvalue weighted by Gasteiger charge is 2.30. The summed E-state index contributed by atoms with van der Waals surface area (Å²) in [5, 5.41) is 3.56. The van der Waals surface area contributed by atoms with E-state index in [4.69, 9.17) is 0 Å². The maximum absolute atomic E-state index is 4.39. The number of nitrogens with one attached hydrogen (secondary N) is 1. The van der Waals surface area contributed by atoms with Gasteiger partial charge in [0.2, 0.25) is 0 Å². The second kappa shape index (κ2) is 4.63. The molecule has 0 spiro atoms. The Bertz CT molecular complexity index is 424. The van der Waals surface area contributed by atoms with Crippen molar-refractivity contribution in [3.8, 4) is 0 Å². The Balaban J connectivity index is 1.91. The first-order valence-corrected chi connectivity index (χ1v) is 5.99. The first kappa shape index (κ1) is 10.4. The highest BCUT2D eigenvalue weighted by molar-refractivity contribution is 5.25. The zero-order chi connectivity index (χ0) is 11.5. The molecule has 17 heavy (non-hydrogen) atoms. The molecule has 1 aliphatic rings. The van der Waals surface area contributed by atoms with Crippen molar-refractivity contribution in [1.29, 1.82) is 0 Å². The smallest absolute Gasteiger partial charge is 0.115 e. The molecule has 1 aromatic carbocycles. The standard InChI is InChI=1S/C14H15N3/c1-2-4-11(5-3-1)14-12(6-9-16-14)13-7-8-15-10-17-13/h1-5,7-8,10,12,14,16H,6,9H2. The second-order valence-corrected chi connectivity index (χ2v) is 4.37. The van der Waals surface area contributed by atoms with Crippen LogP contribution in [0, 0.1) is 0 Å². The monoisotopic (exact) mass is 225 g/mol. The molecule has 0 aliphatic carbocycles. The molecular formula is C14H15N3. The molecule has 0 radical (unpaired) electrons. The molecule has 1 saturated heterocycles. The third kappa shape index (κ3) is 2.06. The van der Waals surface area contributed by atoms with E-state index >= 15 is 0 Å². The Kier molecular flexibility index (Phi) is 2.84. The third-order valence-electron chi connectivity index (χ3n) is 3.37. The van der Waals surface area contributed by atoms with Gasteiger partial charge in [-0.25, -0.2) is 9.97 Å². The number of rotatable bonds is 2. The van der Waals surface area contributed by atoms with Gasteiger partial charge in [-0.2, -0.15) is 0 Å². The third-order valence-corrected chi connectivity index (χ3v) is 3.37. The van der Waals surface area contributed by atoms with Gasteiger partial charge in [-0.05, 0) is 24.6 Å². The van der Waals surface area contributed by atoms with E-state index in [2.05, 4.69) is 45.6 Å². The lowest BCUT2D eigenvalue weighted by molar-refractivity contribution is 0.565. The normalized spacial score (nSPS) is 23.8. The van der Waals surface area contributed by atoms with Gasteiger partial charge in [0.25, 0.3) is 0 Å². The molecule has 0 amide bonds. The van der Waals surface area contributed by atoms with Crippen molar-refractivity contribution in [2.75, 3.05) is 6.54 Å². The first-order chi connectivity index (χ1) is 8.45. The molecule has 3 rings (SSSR count). The molecule has 2 heterocycles. The van der Waals surface area contributed by atoms with Gasteiger partial charge >= 0.3 is 0 Å². The van der Waals surface area contributed by atoms with Crippen LogP contribution in [0.5, 0.6) is 0 Å². The summed E-state index contributed by atoms with van der Waals surface area (Å²) in [7, 11) is 0. The van der Waals surface area contributed by atoms with Crippen LogP contribution in [-0.2, 0) is 0 Å². The summed E-state index contributed by atoms with van der Waals surface area (Å²) in [6, 6.07) is 13.0. The highest BCUT2D eigenvalue weighted by atomic mass is 15.0. The zero-order valence-corrected chi connectivity index (χ0v) is 9.58. The summed E-state index contributed by atoms with van der Waals surface area (Å²) in [6.07, 6.45) is 4.59. The SMILES string of the molecule is c1ccc(C2NCCC2c2ccncn2)cc1. The fourth-order valence-corrected chi connectivity index (χ4v) is 2.55. The zero-order valence-electron chi connectivity index (χ0n) is 9.58. The fraction of sp³-hybridized carbons (Fsp3) is 0.286. The van der Waals surface area contributed by atoms with Gasteiger partial charge in [0, 0.05) is 23.9 Å². The number of nitrogens with zero attached hydrogens (tertiary/aromatic N) is 2. The van der Waals surface area contributed by atoms with Crippen molar-refractivity contribution in [3.05, 3.63) is 60.2 Å². The summed E-state index contributed by atoms with van der Waals surface area (Å²) >= 11 is 0. The van der Waals surface area contributed by atoms with Crippen LogP contribution in [-0.4, -0.2) is 16.5 Å². The van der Waals surface area contributed by atoms with Crippen molar-refractivity contribution in [2.24, 2.45) is 0 Å². The summed E-state index contributed by atoms with van der Waals surface area (Å²) in [6.45, 7) is 1.05. The lowest BCUT2D eigenvalue weighted by Gasteiger charge is -2.19. The van der Waals surface area contributed by atoms with Gasteiger partial charge in [0.1, 0.15) is 6.33 Å². The molecule has 1 aromatic heterocycles. The van der Waals surface area contributed by atoms with Crippen LogP contribution in [0.3, 0.4) is 0 Å². The van der Waals surface area contributed by atoms with Crippen LogP contribution in [0.15, 0.2) is 48.9 Å². The Hall–Kier alpha value is -1.74. The lowest BCUT2D eigenvalue weighted by atomic mass is 9.91. The van der Waals surface area contributed by atoms with Crippen LogP contribution in [0.1, 0.15) is 29.6 Å². The number of hydrogen-bond donors (Lipinski definition) is 1. The van der Waals surface area contributed by atoms with Crippen LogP contribution >= 0.6 is 0 Å². The van der Waals surface area contributed by atoms with Gasteiger partial charge in [0.05, 0.1) is 0 Å². The van der Waals surface area contributed by atoms with Gasteiger partial charge in [0.15, 0.2) is 0 Å². The maximum Gasteiger partial charge on any atom is 0.115 e. The van der Waals surface area contributed by atoms with Crippen LogP contribution in [0.25, 0.3) is 0 Å². The molecule has 3 heteroatoms. The Morgan fingerprint density at radius 3 is 2.76 bits per heavy atom. The molecule has 1 aliphatic heterocycles. The molecule has 2 unspecified atom stereocenters. The van der Waals surface area contributed by atoms with Crippen LogP contribution < -0.4 is 5.32 Å². The van der Waals surface area contributed by atoms with Crippen molar-refractivity contribution in [3.63, 3.8) is 0 Å². The van der Waals surface area contributed by atoms with E-state index in [1.54, 1.807) is 6.33 Å². The average molecular weight is 225 g/mol. The summed E-state index contributed by atoms with van der Waals surface area (Å²) < 4.78 is 0. The Morgan fingerprint density at radius 1 is 1.12 bits per heavy atom. The van der Waals surface area contributed by atoms with E-state index in [-0.39, 0.29) is 0 Å². The van der Waals surface area contributed by atoms with E-state index in [0.29, 0.717) is 12.0 Å². The van der Waals surface area contributed by atoms with Crippen LogP contribution in [0.2, 0.25) is 0 Å². The van der Waals surface area contributed by atoms with Crippen molar-refractivity contribution in [2.45, 2.75) is 18.4 Å². The largest absolute Gasteiger partial charge is 0.309 e. The number of aromatic nitrogens is 2. The molecule has 0 saturated carbocycles. The van der Waals surface area contributed by atoms with E-state index in [0.717, 1.165) is 18.7 Å². The molecule has 1 N–H and O–H groups in total. The van der Waals surface area contributed by atoms with E-state index < -0.39 is 0 Å². The minimum Gasteiger partial charge on any atom is -0.309 e. The van der Waals surface area contributed by atoms with E-state index in [1.165, 1.54) is 5.56 Å². The molecule has 1 fully saturated rings. The molecule has 86 valence electrons. The highest BCUT2D eigenvalue weighted by Crippen LogP contribution is 2.36. The first-order valence-electron chi connectivity index (χ1n) is 5.99. The molecule has 2 atom stereocenters. The van der Waals surface area contributed by atoms with Gasteiger partial charge < -0.3 is 5.32 Å². The average Bonchev–Trinajstić information content (AvgIpc) is 2.90. The second-order valence-electron chi connectivity index (χ2n) is 4.37. The summed E-state index contributed by atoms with van der Waals surface area (Å²) in [5.74, 6) is 0.459. The van der Waals surface area contributed by atoms with Crippen molar-refractivity contribution in [1.82, 2.24) is 15.3 Å². The van der Waals surface area contributed by atoms with Crippen molar-refractivity contribution < 1.29 is 0 Å². The van der Waals surface area contributed by atoms with Gasteiger partial charge in [-0.3, -0.25) is 0 Å². The van der Waals surface area contributed by atoms with Gasteiger partial charge in [-0.15, -0.1) is 0 Å². The predicted molar refractivity (Wildman–Crippen MR) is 66.6 cm³/mol. The lowest BCUT2D eigenvalue weighted by Crippen LogP contribution is -2.17. The topological polar surface area (TPSA) is 37.8 Å². The quantitative estimate of drug-likeness (QED) is 0.852. The van der Waals surface area contributed by atoms with Crippen molar-refractivity contribution >= 4 is 0 Å². The fourth-order valence-electron chi connectivity index (χ4n) is 2.55. The maximum atomic E-state index is 4.39. The molecular weight excluding hydrogens is 210 g/mol. The minimum absolute atomic E-state index is 0.381. The minimum atomic E-state index is 0.381. The molecule has 2 aromatic rings. The summed E-state index contributed by atoms with van der Waals surface area (Å²) in [4.78, 5) is 8.37. The predicted octanol–water partition coefficient (Wildman–Crippen LogP) is 2.29. The molecule has 3 nitrogen and oxygen atoms in total. The summed E-state index contributed by atoms with van der Waals surface area (Å²) in [5.41, 5.74) is 2.48. The van der Waals surface area contributed by atoms with E-state index in [1.807, 2.05) is 12.3 Å². The van der Waals surface area contributed by atoms with Crippen LogP contribution in [0.4, 0.5) is 0 Å². The number of hydrogen-bond acceptors (Lipinski definition) is 3. The van der Waals surface area contributed by atoms with Gasteiger partial charge in [-0.1, -0.05) is 30.3 Å². The molecule has 0 bridgehead atoms. The Labute approximate surface area is 101 Å². The van der Waals surface area contributed by atoms with E-state index in [9.17, 15) is 0 Å².